The maximum absolute atomic E-state index is 12.6. The van der Waals surface area contributed by atoms with E-state index < -0.39 is 6.55 Å². The summed E-state index contributed by atoms with van der Waals surface area (Å²) in [6.07, 6.45) is 4.25. The molecule has 3 rings (SSSR count). The molecule has 0 radical (unpaired) electrons. The minimum atomic E-state index is -2.68. The summed E-state index contributed by atoms with van der Waals surface area (Å²) in [7, 11) is 0. The van der Waals surface area contributed by atoms with Crippen molar-refractivity contribution in [1.82, 2.24) is 14.3 Å². The molecule has 0 bridgehead atoms. The minimum Gasteiger partial charge on any atom is -0.313 e. The van der Waals surface area contributed by atoms with Crippen molar-refractivity contribution in [3.8, 4) is 5.69 Å². The zero-order valence-electron chi connectivity index (χ0n) is 10.6. The third kappa shape index (κ3) is 1.89. The van der Waals surface area contributed by atoms with Gasteiger partial charge < -0.3 is 4.57 Å². The molecule has 20 heavy (non-hydrogen) atoms. The van der Waals surface area contributed by atoms with Crippen LogP contribution in [-0.4, -0.2) is 20.1 Å². The molecular weight excluding hydrogens is 264 g/mol. The molecule has 0 spiro atoms. The summed E-state index contributed by atoms with van der Waals surface area (Å²) in [5, 5.41) is 4.41. The van der Waals surface area contributed by atoms with E-state index in [9.17, 15) is 13.6 Å². The van der Waals surface area contributed by atoms with Crippen molar-refractivity contribution in [2.24, 2.45) is 0 Å². The van der Waals surface area contributed by atoms with Gasteiger partial charge in [0.2, 0.25) is 0 Å². The van der Waals surface area contributed by atoms with E-state index in [1.807, 2.05) is 24.3 Å². The van der Waals surface area contributed by atoms with Crippen molar-refractivity contribution in [2.45, 2.75) is 13.5 Å². The monoisotopic (exact) mass is 275 g/mol. The van der Waals surface area contributed by atoms with Gasteiger partial charge in [0.15, 0.2) is 5.78 Å². The molecule has 1 aromatic carbocycles. The molecule has 0 amide bonds. The standard InChI is InChI=1S/C14H11F2N3O/c1-9(20)12-8-18(13-5-3-2-4-11(12)13)10-6-17-19(7-10)14(15)16/h2-8,14H,1H3. The van der Waals surface area contributed by atoms with Gasteiger partial charge in [0.05, 0.1) is 23.6 Å². The Morgan fingerprint density at radius 1 is 1.25 bits per heavy atom. The fourth-order valence-electron chi connectivity index (χ4n) is 2.23. The van der Waals surface area contributed by atoms with Crippen LogP contribution in [0, 0.1) is 0 Å². The zero-order chi connectivity index (χ0) is 14.3. The van der Waals surface area contributed by atoms with Gasteiger partial charge in [-0.3, -0.25) is 4.79 Å². The number of benzene rings is 1. The second-order valence-corrected chi connectivity index (χ2v) is 4.44. The average Bonchev–Trinajstić information content (AvgIpc) is 3.02. The number of fused-ring (bicyclic) bond motifs is 1. The van der Waals surface area contributed by atoms with Crippen molar-refractivity contribution >= 4 is 16.7 Å². The number of hydrogen-bond donors (Lipinski definition) is 0. The van der Waals surface area contributed by atoms with Gasteiger partial charge in [-0.15, -0.1) is 0 Å². The van der Waals surface area contributed by atoms with Crippen molar-refractivity contribution in [3.05, 3.63) is 48.4 Å². The Bertz CT molecular complexity index is 789. The number of halogens is 2. The van der Waals surface area contributed by atoms with Gasteiger partial charge in [-0.1, -0.05) is 18.2 Å². The van der Waals surface area contributed by atoms with Gasteiger partial charge in [-0.25, -0.2) is 4.68 Å². The highest BCUT2D eigenvalue weighted by molar-refractivity contribution is 6.07. The van der Waals surface area contributed by atoms with Crippen LogP contribution in [0.5, 0.6) is 0 Å². The van der Waals surface area contributed by atoms with E-state index in [-0.39, 0.29) is 5.78 Å². The van der Waals surface area contributed by atoms with Gasteiger partial charge >= 0.3 is 6.55 Å². The van der Waals surface area contributed by atoms with Crippen LogP contribution in [0.1, 0.15) is 23.8 Å². The molecule has 2 heterocycles. The maximum Gasteiger partial charge on any atom is 0.333 e. The summed E-state index contributed by atoms with van der Waals surface area (Å²) < 4.78 is 27.4. The minimum absolute atomic E-state index is 0.0683. The van der Waals surface area contributed by atoms with Crippen LogP contribution in [0.3, 0.4) is 0 Å². The van der Waals surface area contributed by atoms with Gasteiger partial charge in [0, 0.05) is 17.1 Å². The molecule has 0 saturated carbocycles. The smallest absolute Gasteiger partial charge is 0.313 e. The molecule has 0 N–H and O–H groups in total. The van der Waals surface area contributed by atoms with Crippen LogP contribution in [0.15, 0.2) is 42.9 Å². The maximum atomic E-state index is 12.6. The topological polar surface area (TPSA) is 39.8 Å². The summed E-state index contributed by atoms with van der Waals surface area (Å²) in [6.45, 7) is -1.20. The number of alkyl halides is 2. The lowest BCUT2D eigenvalue weighted by molar-refractivity contribution is 0.0566. The number of ketones is 1. The largest absolute Gasteiger partial charge is 0.333 e. The molecule has 0 unspecified atom stereocenters. The van der Waals surface area contributed by atoms with E-state index >= 15 is 0 Å². The number of hydrogen-bond acceptors (Lipinski definition) is 2. The molecule has 0 saturated heterocycles. The molecular formula is C14H11F2N3O. The quantitative estimate of drug-likeness (QED) is 0.687. The predicted molar refractivity (Wildman–Crippen MR) is 70.3 cm³/mol. The molecule has 6 heteroatoms. The molecule has 3 aromatic rings. The molecule has 0 aliphatic heterocycles. The van der Waals surface area contributed by atoms with Crippen LogP contribution in [0.2, 0.25) is 0 Å². The molecule has 102 valence electrons. The Morgan fingerprint density at radius 2 is 2.00 bits per heavy atom. The molecule has 4 nitrogen and oxygen atoms in total. The lowest BCUT2D eigenvalue weighted by atomic mass is 10.1. The van der Waals surface area contributed by atoms with Crippen LogP contribution in [0.25, 0.3) is 16.6 Å². The fraction of sp³-hybridized carbons (Fsp3) is 0.143. The molecule has 2 aromatic heterocycles. The Hall–Kier alpha value is -2.50. The number of aromatic nitrogens is 3. The Kier molecular flexibility index (Phi) is 2.85. The molecule has 0 aliphatic carbocycles. The summed E-state index contributed by atoms with van der Waals surface area (Å²) in [5.74, 6) is -0.0683. The molecule has 0 atom stereocenters. The highest BCUT2D eigenvalue weighted by atomic mass is 19.3. The number of para-hydroxylation sites is 1. The van der Waals surface area contributed by atoms with Gasteiger partial charge in [0.25, 0.3) is 0 Å². The summed E-state index contributed by atoms with van der Waals surface area (Å²) in [6, 6.07) is 7.34. The van der Waals surface area contributed by atoms with Crippen LogP contribution >= 0.6 is 0 Å². The van der Waals surface area contributed by atoms with Gasteiger partial charge in [0.1, 0.15) is 0 Å². The number of Topliss-reactive ketones (excluding diaryl/α,β-unsaturated/α-hetero) is 1. The zero-order valence-corrected chi connectivity index (χ0v) is 10.6. The van der Waals surface area contributed by atoms with Gasteiger partial charge in [-0.2, -0.15) is 13.9 Å². The molecule has 0 fully saturated rings. The number of carbonyl (C=O) groups excluding carboxylic acids is 1. The Morgan fingerprint density at radius 3 is 2.65 bits per heavy atom. The predicted octanol–water partition coefficient (Wildman–Crippen LogP) is 3.42. The second kappa shape index (κ2) is 4.56. The average molecular weight is 275 g/mol. The van der Waals surface area contributed by atoms with E-state index in [0.29, 0.717) is 15.9 Å². The third-order valence-electron chi connectivity index (χ3n) is 3.16. The first-order chi connectivity index (χ1) is 9.58. The highest BCUT2D eigenvalue weighted by Gasteiger charge is 2.14. The number of rotatable bonds is 3. The van der Waals surface area contributed by atoms with Crippen LogP contribution in [-0.2, 0) is 0 Å². The van der Waals surface area contributed by atoms with Crippen LogP contribution in [0.4, 0.5) is 8.78 Å². The summed E-state index contributed by atoms with van der Waals surface area (Å²) in [4.78, 5) is 11.7. The number of carbonyl (C=O) groups is 1. The highest BCUT2D eigenvalue weighted by Crippen LogP contribution is 2.25. The third-order valence-corrected chi connectivity index (χ3v) is 3.16. The second-order valence-electron chi connectivity index (χ2n) is 4.44. The van der Waals surface area contributed by atoms with Crippen molar-refractivity contribution in [3.63, 3.8) is 0 Å². The fourth-order valence-corrected chi connectivity index (χ4v) is 2.23. The van der Waals surface area contributed by atoms with E-state index in [1.165, 1.54) is 19.3 Å². The normalized spacial score (nSPS) is 11.4. The number of nitrogens with zero attached hydrogens (tertiary/aromatic N) is 3. The summed E-state index contributed by atoms with van der Waals surface area (Å²) in [5.41, 5.74) is 1.84. The lowest BCUT2D eigenvalue weighted by Gasteiger charge is -2.00. The van der Waals surface area contributed by atoms with E-state index in [1.54, 1.807) is 10.8 Å². The van der Waals surface area contributed by atoms with Crippen molar-refractivity contribution in [2.75, 3.05) is 0 Å². The van der Waals surface area contributed by atoms with Crippen molar-refractivity contribution < 1.29 is 13.6 Å². The van der Waals surface area contributed by atoms with E-state index in [2.05, 4.69) is 5.10 Å². The van der Waals surface area contributed by atoms with Gasteiger partial charge in [-0.05, 0) is 13.0 Å². The first-order valence-corrected chi connectivity index (χ1v) is 6.01. The summed E-state index contributed by atoms with van der Waals surface area (Å²) >= 11 is 0. The lowest BCUT2D eigenvalue weighted by Crippen LogP contribution is -1.97. The van der Waals surface area contributed by atoms with E-state index in [4.69, 9.17) is 0 Å². The van der Waals surface area contributed by atoms with Crippen LogP contribution < -0.4 is 0 Å². The molecule has 0 aliphatic rings. The van der Waals surface area contributed by atoms with E-state index in [0.717, 1.165) is 10.9 Å². The first-order valence-electron chi connectivity index (χ1n) is 6.01. The first kappa shape index (κ1) is 12.5. The van der Waals surface area contributed by atoms with Crippen molar-refractivity contribution in [1.29, 1.82) is 0 Å². The Labute approximate surface area is 113 Å². The Balaban J connectivity index is 2.22. The SMILES string of the molecule is CC(=O)c1cn(-c2cnn(C(F)F)c2)c2ccccc12.